The highest BCUT2D eigenvalue weighted by Gasteiger charge is 2.35. The van der Waals surface area contributed by atoms with Crippen LogP contribution in [0.1, 0.15) is 53.1 Å². The average Bonchev–Trinajstić information content (AvgIpc) is 2.49. The molecular weight excluding hydrogens is 308 g/mol. The van der Waals surface area contributed by atoms with Gasteiger partial charge in [-0.1, -0.05) is 13.3 Å². The lowest BCUT2D eigenvalue weighted by atomic mass is 9.83. The molecule has 0 saturated heterocycles. The first kappa shape index (κ1) is 17.6. The Balaban J connectivity index is 2.79. The van der Waals surface area contributed by atoms with Crippen LogP contribution in [0.15, 0.2) is 33.8 Å². The van der Waals surface area contributed by atoms with Crippen LogP contribution in [0.25, 0.3) is 0 Å². The van der Waals surface area contributed by atoms with Gasteiger partial charge in [-0.05, 0) is 37.5 Å². The van der Waals surface area contributed by atoms with Gasteiger partial charge in [-0.3, -0.25) is 19.2 Å². The average molecular weight is 328 g/mol. The number of aryl methyl sites for hydroxylation is 1. The molecule has 0 fully saturated rings. The maximum absolute atomic E-state index is 13.0. The molecule has 6 heteroatoms. The van der Waals surface area contributed by atoms with E-state index in [2.05, 4.69) is 10.3 Å². The summed E-state index contributed by atoms with van der Waals surface area (Å²) >= 11 is 0. The number of ketones is 3. The fourth-order valence-corrected chi connectivity index (χ4v) is 2.96. The first-order valence-electron chi connectivity index (χ1n) is 7.78. The van der Waals surface area contributed by atoms with Crippen molar-refractivity contribution in [3.8, 4) is 0 Å². The van der Waals surface area contributed by atoms with Gasteiger partial charge in [0.1, 0.15) is 5.69 Å². The lowest BCUT2D eigenvalue weighted by Gasteiger charge is -2.23. The van der Waals surface area contributed by atoms with Gasteiger partial charge in [-0.15, -0.1) is 0 Å². The number of allylic oxidation sites excluding steroid dienone is 4. The number of hydrogen-bond donors (Lipinski definition) is 2. The molecule has 0 unspecified atom stereocenters. The summed E-state index contributed by atoms with van der Waals surface area (Å²) in [4.78, 5) is 51.5. The highest BCUT2D eigenvalue weighted by molar-refractivity contribution is 6.28. The molecule has 2 N–H and O–H groups in total. The Morgan fingerprint density at radius 1 is 1.25 bits per heavy atom. The van der Waals surface area contributed by atoms with Crippen molar-refractivity contribution >= 4 is 17.3 Å². The van der Waals surface area contributed by atoms with Crippen LogP contribution in [0.2, 0.25) is 0 Å². The minimum atomic E-state index is -0.451. The number of pyridine rings is 1. The molecule has 0 amide bonds. The molecular formula is C18H20N2O4. The molecule has 1 aliphatic carbocycles. The number of carbonyl (C=O) groups excluding carboxylic acids is 3. The number of aromatic amines is 1. The van der Waals surface area contributed by atoms with E-state index < -0.39 is 11.3 Å². The van der Waals surface area contributed by atoms with Gasteiger partial charge in [0.15, 0.2) is 11.6 Å². The van der Waals surface area contributed by atoms with E-state index in [1.807, 2.05) is 6.92 Å². The van der Waals surface area contributed by atoms with Gasteiger partial charge in [0.2, 0.25) is 11.3 Å². The highest BCUT2D eigenvalue weighted by Crippen LogP contribution is 2.31. The van der Waals surface area contributed by atoms with Crippen molar-refractivity contribution in [2.45, 2.75) is 33.6 Å². The lowest BCUT2D eigenvalue weighted by molar-refractivity contribution is -0.112. The Kier molecular flexibility index (Phi) is 4.97. The normalized spacial score (nSPS) is 14.8. The van der Waals surface area contributed by atoms with Crippen LogP contribution in [0.4, 0.5) is 0 Å². The summed E-state index contributed by atoms with van der Waals surface area (Å²) in [6.07, 6.45) is 2.61. The summed E-state index contributed by atoms with van der Waals surface area (Å²) in [6.45, 7) is 4.95. The number of fused-ring (bicyclic) bond motifs is 1. The first-order chi connectivity index (χ1) is 11.3. The fraction of sp³-hybridized carbons (Fsp3) is 0.333. The molecule has 1 heterocycles. The minimum absolute atomic E-state index is 0.00299. The third kappa shape index (κ3) is 2.99. The van der Waals surface area contributed by atoms with Crippen molar-refractivity contribution < 1.29 is 14.4 Å². The van der Waals surface area contributed by atoms with E-state index in [0.717, 1.165) is 6.42 Å². The predicted molar refractivity (Wildman–Crippen MR) is 90.2 cm³/mol. The van der Waals surface area contributed by atoms with Crippen molar-refractivity contribution in [2.24, 2.45) is 0 Å². The van der Waals surface area contributed by atoms with Crippen molar-refractivity contribution in [3.05, 3.63) is 56.2 Å². The van der Waals surface area contributed by atoms with Crippen LogP contribution in [0, 0.1) is 6.92 Å². The molecule has 6 nitrogen and oxygen atoms in total. The molecule has 1 aliphatic rings. The van der Waals surface area contributed by atoms with Crippen LogP contribution >= 0.6 is 0 Å². The van der Waals surface area contributed by atoms with Crippen LogP contribution in [0.3, 0.4) is 0 Å². The van der Waals surface area contributed by atoms with Crippen LogP contribution in [-0.4, -0.2) is 29.4 Å². The second-order valence-electron chi connectivity index (χ2n) is 5.76. The van der Waals surface area contributed by atoms with E-state index in [0.29, 0.717) is 17.6 Å². The number of rotatable bonds is 5. The third-order valence-corrected chi connectivity index (χ3v) is 3.87. The number of carbonyl (C=O) groups is 3. The SMILES string of the molecule is CCC/C(=C/C(C)=O)C1=C(NC)C(=O)c2[nH]c(=O)cc(C)c2C1=O. The van der Waals surface area contributed by atoms with Crippen molar-refractivity contribution in [1.82, 2.24) is 10.3 Å². The third-order valence-electron chi connectivity index (χ3n) is 3.87. The van der Waals surface area contributed by atoms with Crippen LogP contribution in [0.5, 0.6) is 0 Å². The molecule has 0 atom stereocenters. The Labute approximate surface area is 139 Å². The molecule has 126 valence electrons. The van der Waals surface area contributed by atoms with Crippen LogP contribution < -0.4 is 10.9 Å². The molecule has 0 radical (unpaired) electrons. The van der Waals surface area contributed by atoms with Crippen molar-refractivity contribution in [1.29, 1.82) is 0 Å². The van der Waals surface area contributed by atoms with Gasteiger partial charge >= 0.3 is 0 Å². The number of likely N-dealkylation sites (N-methyl/N-ethyl adjacent to an activating group) is 1. The van der Waals surface area contributed by atoms with Gasteiger partial charge in [0.05, 0.1) is 16.8 Å². The molecule has 0 aromatic carbocycles. The van der Waals surface area contributed by atoms with Gasteiger partial charge in [0.25, 0.3) is 0 Å². The Bertz CT molecular complexity index is 856. The standard InChI is InChI=1S/C18H20N2O4/c1-5-6-11(8-10(3)21)14-15(19-4)18(24)16-13(17(14)23)9(2)7-12(22)20-16/h7-8,19H,5-6H2,1-4H3,(H,20,22)/b11-8-. The van der Waals surface area contributed by atoms with Gasteiger partial charge in [-0.2, -0.15) is 0 Å². The zero-order chi connectivity index (χ0) is 18.0. The molecule has 0 bridgehead atoms. The van der Waals surface area contributed by atoms with Crippen molar-refractivity contribution in [2.75, 3.05) is 7.05 Å². The number of nitrogens with one attached hydrogen (secondary N) is 2. The van der Waals surface area contributed by atoms with E-state index >= 15 is 0 Å². The summed E-state index contributed by atoms with van der Waals surface area (Å²) in [7, 11) is 1.54. The molecule has 0 spiro atoms. The predicted octanol–water partition coefficient (Wildman–Crippen LogP) is 1.85. The summed E-state index contributed by atoms with van der Waals surface area (Å²) < 4.78 is 0. The highest BCUT2D eigenvalue weighted by atomic mass is 16.1. The van der Waals surface area contributed by atoms with Gasteiger partial charge < -0.3 is 10.3 Å². The van der Waals surface area contributed by atoms with Gasteiger partial charge in [0, 0.05) is 13.1 Å². The number of H-pyrrole nitrogens is 1. The van der Waals surface area contributed by atoms with E-state index in [4.69, 9.17) is 0 Å². The molecule has 0 saturated carbocycles. The second kappa shape index (κ2) is 6.78. The summed E-state index contributed by atoms with van der Waals surface area (Å²) in [5.74, 6) is -0.997. The monoisotopic (exact) mass is 328 g/mol. The van der Waals surface area contributed by atoms with E-state index in [1.165, 1.54) is 26.1 Å². The van der Waals surface area contributed by atoms with E-state index in [1.54, 1.807) is 6.92 Å². The number of aromatic nitrogens is 1. The maximum Gasteiger partial charge on any atom is 0.248 e. The summed E-state index contributed by atoms with van der Waals surface area (Å²) in [6, 6.07) is 1.29. The van der Waals surface area contributed by atoms with E-state index in [-0.39, 0.29) is 34.1 Å². The van der Waals surface area contributed by atoms with Gasteiger partial charge in [-0.25, -0.2) is 0 Å². The van der Waals surface area contributed by atoms with Crippen molar-refractivity contribution in [3.63, 3.8) is 0 Å². The number of hydrogen-bond acceptors (Lipinski definition) is 5. The summed E-state index contributed by atoms with van der Waals surface area (Å²) in [5.41, 5.74) is 1.05. The molecule has 1 aromatic heterocycles. The molecule has 2 rings (SSSR count). The molecule has 1 aromatic rings. The van der Waals surface area contributed by atoms with E-state index in [9.17, 15) is 19.2 Å². The molecule has 24 heavy (non-hydrogen) atoms. The Hall–Kier alpha value is -2.76. The quantitative estimate of drug-likeness (QED) is 0.804. The van der Waals surface area contributed by atoms with Crippen LogP contribution in [-0.2, 0) is 4.79 Å². The Morgan fingerprint density at radius 2 is 1.92 bits per heavy atom. The fourth-order valence-electron chi connectivity index (χ4n) is 2.96. The zero-order valence-electron chi connectivity index (χ0n) is 14.2. The smallest absolute Gasteiger partial charge is 0.248 e. The topological polar surface area (TPSA) is 96.1 Å². The lowest BCUT2D eigenvalue weighted by Crippen LogP contribution is -2.33. The minimum Gasteiger partial charge on any atom is -0.384 e. The Morgan fingerprint density at radius 3 is 2.46 bits per heavy atom. The summed E-state index contributed by atoms with van der Waals surface area (Å²) in [5, 5.41) is 2.76. The first-order valence-corrected chi connectivity index (χ1v) is 7.78. The second-order valence-corrected chi connectivity index (χ2v) is 5.76. The molecule has 0 aliphatic heterocycles. The number of Topliss-reactive ketones (excluding diaryl/α,β-unsaturated/α-hetero) is 2. The maximum atomic E-state index is 13.0. The zero-order valence-corrected chi connectivity index (χ0v) is 14.2. The largest absolute Gasteiger partial charge is 0.384 e.